The van der Waals surface area contributed by atoms with Crippen molar-refractivity contribution >= 4 is 5.71 Å². The van der Waals surface area contributed by atoms with Crippen LogP contribution in [0.3, 0.4) is 0 Å². The van der Waals surface area contributed by atoms with Gasteiger partial charge < -0.3 is 0 Å². The lowest BCUT2D eigenvalue weighted by Crippen LogP contribution is -2.29. The van der Waals surface area contributed by atoms with Crippen LogP contribution in [0.15, 0.2) is 100 Å². The standard InChI is InChI=1S/C25H24N2O/c1-28-27-23(18-12-13-18)24-22-14-15-25(16-19(22)17-26-24,20-8-4-2-5-9-20)21-10-6-3-7-11-21/h2-11,14-15,27H,12-13,16-17H2,1H3. The molecule has 0 amide bonds. The molecule has 28 heavy (non-hydrogen) atoms. The Morgan fingerprint density at radius 2 is 1.61 bits per heavy atom. The average molecular weight is 368 g/mol. The highest BCUT2D eigenvalue weighted by Gasteiger charge is 2.38. The molecule has 0 radical (unpaired) electrons. The van der Waals surface area contributed by atoms with Crippen molar-refractivity contribution in [2.75, 3.05) is 13.7 Å². The fourth-order valence-corrected chi connectivity index (χ4v) is 4.43. The number of hydrogen-bond donors (Lipinski definition) is 1. The zero-order valence-corrected chi connectivity index (χ0v) is 16.1. The van der Waals surface area contributed by atoms with E-state index in [1.54, 1.807) is 7.11 Å². The highest BCUT2D eigenvalue weighted by Crippen LogP contribution is 2.45. The molecule has 0 bridgehead atoms. The molecule has 0 saturated heterocycles. The van der Waals surface area contributed by atoms with Crippen LogP contribution in [0.4, 0.5) is 0 Å². The van der Waals surface area contributed by atoms with Gasteiger partial charge in [-0.05, 0) is 41.5 Å². The van der Waals surface area contributed by atoms with E-state index in [2.05, 4.69) is 78.3 Å². The van der Waals surface area contributed by atoms with Gasteiger partial charge >= 0.3 is 0 Å². The lowest BCUT2D eigenvalue weighted by atomic mass is 9.67. The molecule has 2 aromatic carbocycles. The number of benzene rings is 2. The third-order valence-electron chi connectivity index (χ3n) is 5.96. The minimum absolute atomic E-state index is 0.145. The van der Waals surface area contributed by atoms with Crippen molar-refractivity contribution in [1.82, 2.24) is 5.48 Å². The molecule has 1 aliphatic heterocycles. The molecule has 1 N–H and O–H groups in total. The SMILES string of the molecule is CONC(C1=NCC2=C1C=CC(c1ccccc1)(c1ccccc1)C2)=C1CC1. The molecule has 0 atom stereocenters. The maximum atomic E-state index is 5.24. The Balaban J connectivity index is 1.56. The maximum Gasteiger partial charge on any atom is 0.0904 e. The molecule has 1 heterocycles. The number of allylic oxidation sites excluding steroid dienone is 4. The van der Waals surface area contributed by atoms with Gasteiger partial charge in [0, 0.05) is 11.0 Å². The van der Waals surface area contributed by atoms with Crippen molar-refractivity contribution < 1.29 is 4.84 Å². The Hall–Kier alpha value is -2.91. The number of hydroxylamine groups is 1. The van der Waals surface area contributed by atoms with Crippen LogP contribution < -0.4 is 5.48 Å². The number of aliphatic imine (C=N–C) groups is 1. The highest BCUT2D eigenvalue weighted by molar-refractivity contribution is 6.16. The van der Waals surface area contributed by atoms with Crippen LogP contribution in [0.5, 0.6) is 0 Å². The molecule has 1 fully saturated rings. The summed E-state index contributed by atoms with van der Waals surface area (Å²) in [6.45, 7) is 0.762. The minimum atomic E-state index is -0.145. The quantitative estimate of drug-likeness (QED) is 0.763. The van der Waals surface area contributed by atoms with E-state index < -0.39 is 0 Å². The van der Waals surface area contributed by atoms with Crippen molar-refractivity contribution in [3.05, 3.63) is 106 Å². The van der Waals surface area contributed by atoms with E-state index in [4.69, 9.17) is 9.83 Å². The summed E-state index contributed by atoms with van der Waals surface area (Å²) in [6, 6.07) is 21.7. The molecular formula is C25H24N2O. The van der Waals surface area contributed by atoms with Gasteiger partial charge in [-0.1, -0.05) is 72.8 Å². The van der Waals surface area contributed by atoms with Crippen LogP contribution in [0.25, 0.3) is 0 Å². The summed E-state index contributed by atoms with van der Waals surface area (Å²) in [7, 11) is 1.67. The Morgan fingerprint density at radius 3 is 2.18 bits per heavy atom. The van der Waals surface area contributed by atoms with Crippen LogP contribution in [0.2, 0.25) is 0 Å². The van der Waals surface area contributed by atoms with Gasteiger partial charge in [0.15, 0.2) is 0 Å². The average Bonchev–Trinajstić information content (AvgIpc) is 3.52. The van der Waals surface area contributed by atoms with Gasteiger partial charge in [-0.2, -0.15) is 0 Å². The summed E-state index contributed by atoms with van der Waals surface area (Å²) in [5, 5.41) is 0. The third kappa shape index (κ3) is 2.83. The molecule has 2 aliphatic carbocycles. The van der Waals surface area contributed by atoms with Crippen LogP contribution in [-0.2, 0) is 10.3 Å². The summed E-state index contributed by atoms with van der Waals surface area (Å²) in [5.41, 5.74) is 11.8. The Morgan fingerprint density at radius 1 is 0.964 bits per heavy atom. The van der Waals surface area contributed by atoms with Crippen molar-refractivity contribution in [3.8, 4) is 0 Å². The van der Waals surface area contributed by atoms with Crippen molar-refractivity contribution in [3.63, 3.8) is 0 Å². The number of nitrogens with one attached hydrogen (secondary N) is 1. The molecule has 3 heteroatoms. The van der Waals surface area contributed by atoms with Gasteiger partial charge in [-0.3, -0.25) is 15.3 Å². The van der Waals surface area contributed by atoms with Crippen molar-refractivity contribution in [2.24, 2.45) is 4.99 Å². The van der Waals surface area contributed by atoms with Gasteiger partial charge in [-0.25, -0.2) is 0 Å². The lowest BCUT2D eigenvalue weighted by molar-refractivity contribution is 0.122. The van der Waals surface area contributed by atoms with Gasteiger partial charge in [0.25, 0.3) is 0 Å². The highest BCUT2D eigenvalue weighted by atomic mass is 16.6. The first-order chi connectivity index (χ1) is 13.8. The van der Waals surface area contributed by atoms with E-state index in [9.17, 15) is 0 Å². The Kier molecular flexibility index (Phi) is 4.25. The largest absolute Gasteiger partial charge is 0.279 e. The predicted molar refractivity (Wildman–Crippen MR) is 113 cm³/mol. The van der Waals surface area contributed by atoms with E-state index in [0.29, 0.717) is 0 Å². The van der Waals surface area contributed by atoms with Crippen LogP contribution in [0, 0.1) is 0 Å². The fourth-order valence-electron chi connectivity index (χ4n) is 4.43. The molecule has 140 valence electrons. The lowest BCUT2D eigenvalue weighted by Gasteiger charge is -2.35. The topological polar surface area (TPSA) is 33.6 Å². The summed E-state index contributed by atoms with van der Waals surface area (Å²) in [4.78, 5) is 10.1. The van der Waals surface area contributed by atoms with Crippen LogP contribution in [0.1, 0.15) is 30.4 Å². The summed E-state index contributed by atoms with van der Waals surface area (Å²) < 4.78 is 0. The van der Waals surface area contributed by atoms with E-state index >= 15 is 0 Å². The second kappa shape index (κ2) is 6.92. The molecule has 5 rings (SSSR count). The Bertz CT molecular complexity index is 968. The van der Waals surface area contributed by atoms with Crippen LogP contribution >= 0.6 is 0 Å². The fraction of sp³-hybridized carbons (Fsp3) is 0.240. The van der Waals surface area contributed by atoms with Crippen LogP contribution in [-0.4, -0.2) is 19.4 Å². The first-order valence-corrected chi connectivity index (χ1v) is 9.90. The zero-order chi connectivity index (χ0) is 19.0. The normalized spacial score (nSPS) is 19.3. The van der Waals surface area contributed by atoms with E-state index in [1.165, 1.54) is 27.8 Å². The van der Waals surface area contributed by atoms with E-state index in [1.807, 2.05) is 0 Å². The molecule has 0 spiro atoms. The van der Waals surface area contributed by atoms with Gasteiger partial charge in [0.1, 0.15) is 0 Å². The first kappa shape index (κ1) is 17.2. The Labute approximate surface area is 166 Å². The summed E-state index contributed by atoms with van der Waals surface area (Å²) >= 11 is 0. The molecule has 2 aromatic rings. The van der Waals surface area contributed by atoms with E-state index in [0.717, 1.165) is 37.2 Å². The number of nitrogens with zero attached hydrogens (tertiary/aromatic N) is 1. The molecule has 3 nitrogen and oxygen atoms in total. The minimum Gasteiger partial charge on any atom is -0.279 e. The summed E-state index contributed by atoms with van der Waals surface area (Å²) in [5.74, 6) is 0. The predicted octanol–water partition coefficient (Wildman–Crippen LogP) is 4.88. The van der Waals surface area contributed by atoms with Crippen molar-refractivity contribution in [2.45, 2.75) is 24.7 Å². The molecule has 0 aromatic heterocycles. The van der Waals surface area contributed by atoms with Gasteiger partial charge in [-0.15, -0.1) is 0 Å². The van der Waals surface area contributed by atoms with Gasteiger partial charge in [0.2, 0.25) is 0 Å². The second-order valence-corrected chi connectivity index (χ2v) is 7.68. The first-order valence-electron chi connectivity index (χ1n) is 9.90. The maximum absolute atomic E-state index is 5.24. The molecule has 3 aliphatic rings. The molecule has 1 saturated carbocycles. The zero-order valence-electron chi connectivity index (χ0n) is 16.1. The third-order valence-corrected chi connectivity index (χ3v) is 5.96. The smallest absolute Gasteiger partial charge is 0.0904 e. The molecular weight excluding hydrogens is 344 g/mol. The monoisotopic (exact) mass is 368 g/mol. The second-order valence-electron chi connectivity index (χ2n) is 7.68. The van der Waals surface area contributed by atoms with Gasteiger partial charge in [0.05, 0.1) is 25.1 Å². The molecule has 0 unspecified atom stereocenters. The van der Waals surface area contributed by atoms with Crippen molar-refractivity contribution in [1.29, 1.82) is 0 Å². The van der Waals surface area contributed by atoms with E-state index in [-0.39, 0.29) is 5.41 Å². The number of hydrogen-bond acceptors (Lipinski definition) is 3. The number of rotatable bonds is 5. The summed E-state index contributed by atoms with van der Waals surface area (Å²) in [6.07, 6.45) is 7.88.